The Bertz CT molecular complexity index is 801. The highest BCUT2D eigenvalue weighted by Crippen LogP contribution is 2.44. The molecule has 0 amide bonds. The number of nitrogen functional groups attached to an aromatic ring is 1. The molecule has 2 aromatic rings. The number of hydrogen-bond acceptors (Lipinski definition) is 7. The Morgan fingerprint density at radius 1 is 1.08 bits per heavy atom. The number of aryl methyl sites for hydroxylation is 1. The van der Waals surface area contributed by atoms with Crippen LogP contribution in [0.25, 0.3) is 0 Å². The first kappa shape index (κ1) is 15.9. The van der Waals surface area contributed by atoms with E-state index < -0.39 is 0 Å². The summed E-state index contributed by atoms with van der Waals surface area (Å²) in [6.07, 6.45) is 6.64. The highest BCUT2D eigenvalue weighted by molar-refractivity contribution is 5.55. The van der Waals surface area contributed by atoms with E-state index in [9.17, 15) is 0 Å². The molecule has 1 spiro atoms. The number of nitrogens with two attached hydrogens (primary N) is 1. The molecule has 8 heteroatoms. The topological polar surface area (TPSA) is 96.2 Å². The Morgan fingerprint density at radius 2 is 1.88 bits per heavy atom. The number of fused-ring (bicyclic) bond motifs is 2. The minimum absolute atomic E-state index is 0.170. The number of anilines is 3. The monoisotopic (exact) mass is 355 g/mol. The van der Waals surface area contributed by atoms with E-state index in [1.165, 1.54) is 24.1 Å². The summed E-state index contributed by atoms with van der Waals surface area (Å²) in [4.78, 5) is 13.6. The lowest BCUT2D eigenvalue weighted by atomic mass is 9.77. The third kappa shape index (κ3) is 2.59. The van der Waals surface area contributed by atoms with Gasteiger partial charge < -0.3 is 20.3 Å². The number of rotatable bonds is 2. The zero-order chi connectivity index (χ0) is 17.6. The van der Waals surface area contributed by atoms with Crippen molar-refractivity contribution in [3.8, 4) is 0 Å². The van der Waals surface area contributed by atoms with E-state index in [1.807, 2.05) is 6.20 Å². The third-order valence-electron chi connectivity index (χ3n) is 6.07. The zero-order valence-corrected chi connectivity index (χ0v) is 14.9. The first-order valence-corrected chi connectivity index (χ1v) is 9.48. The molecule has 2 aliphatic heterocycles. The number of ether oxygens (including phenoxy) is 1. The molecule has 2 fully saturated rings. The van der Waals surface area contributed by atoms with Crippen molar-refractivity contribution in [3.05, 3.63) is 23.5 Å². The van der Waals surface area contributed by atoms with Gasteiger partial charge in [0.05, 0.1) is 19.4 Å². The maximum Gasteiger partial charge on any atom is 0.223 e. The summed E-state index contributed by atoms with van der Waals surface area (Å²) in [7, 11) is 0. The Kier molecular flexibility index (Phi) is 3.74. The van der Waals surface area contributed by atoms with Gasteiger partial charge in [0, 0.05) is 43.4 Å². The summed E-state index contributed by atoms with van der Waals surface area (Å²) in [6, 6.07) is 2.09. The second-order valence-corrected chi connectivity index (χ2v) is 7.62. The third-order valence-corrected chi connectivity index (χ3v) is 6.07. The molecule has 138 valence electrons. The lowest BCUT2D eigenvalue weighted by Crippen LogP contribution is -2.46. The number of H-pyrrole nitrogens is 1. The van der Waals surface area contributed by atoms with Gasteiger partial charge in [-0.15, -0.1) is 0 Å². The lowest BCUT2D eigenvalue weighted by Gasteiger charge is -2.41. The standard InChI is InChI=1S/C18H25N7O/c19-17-21-14(24-6-8-26-9-7-24)10-15(22-17)25-5-1-3-18(12-25)4-2-13-11-20-23-16(13)18/h10-11H,1-9,12H2,(H,20,23)(H2,19,21,22). The van der Waals surface area contributed by atoms with Crippen LogP contribution in [0.2, 0.25) is 0 Å². The molecule has 3 N–H and O–H groups in total. The van der Waals surface area contributed by atoms with Crippen molar-refractivity contribution >= 4 is 17.6 Å². The number of morpholine rings is 1. The van der Waals surface area contributed by atoms with Gasteiger partial charge in [-0.05, 0) is 31.2 Å². The van der Waals surface area contributed by atoms with Crippen LogP contribution in [0.5, 0.6) is 0 Å². The number of aromatic amines is 1. The van der Waals surface area contributed by atoms with Gasteiger partial charge in [-0.2, -0.15) is 15.1 Å². The SMILES string of the molecule is Nc1nc(N2CCOCC2)cc(N2CCCC3(CCc4cn[nH]c43)C2)n1. The fourth-order valence-corrected chi connectivity index (χ4v) is 4.75. The second-order valence-electron chi connectivity index (χ2n) is 7.62. The summed E-state index contributed by atoms with van der Waals surface area (Å²) in [5, 5.41) is 7.54. The predicted octanol–water partition coefficient (Wildman–Crippen LogP) is 1.10. The van der Waals surface area contributed by atoms with Crippen molar-refractivity contribution in [1.29, 1.82) is 0 Å². The Labute approximate surface area is 152 Å². The number of nitrogens with zero attached hydrogens (tertiary/aromatic N) is 5. The van der Waals surface area contributed by atoms with Crippen molar-refractivity contribution < 1.29 is 4.74 Å². The Morgan fingerprint density at radius 3 is 2.73 bits per heavy atom. The highest BCUT2D eigenvalue weighted by atomic mass is 16.5. The van der Waals surface area contributed by atoms with E-state index in [-0.39, 0.29) is 5.41 Å². The molecule has 0 bridgehead atoms. The molecule has 8 nitrogen and oxygen atoms in total. The molecule has 1 atom stereocenters. The van der Waals surface area contributed by atoms with Crippen LogP contribution in [0.15, 0.2) is 12.3 Å². The molecule has 4 heterocycles. The van der Waals surface area contributed by atoms with Crippen LogP contribution in [-0.2, 0) is 16.6 Å². The van der Waals surface area contributed by atoms with Crippen LogP contribution >= 0.6 is 0 Å². The predicted molar refractivity (Wildman–Crippen MR) is 99.5 cm³/mol. The molecular formula is C18H25N7O. The summed E-state index contributed by atoms with van der Waals surface area (Å²) in [5.41, 5.74) is 8.93. The molecule has 1 aliphatic carbocycles. The summed E-state index contributed by atoms with van der Waals surface area (Å²) >= 11 is 0. The second kappa shape index (κ2) is 6.12. The average molecular weight is 355 g/mol. The van der Waals surface area contributed by atoms with Crippen LogP contribution in [0, 0.1) is 0 Å². The fraction of sp³-hybridized carbons (Fsp3) is 0.611. The summed E-state index contributed by atoms with van der Waals surface area (Å²) in [5.74, 6) is 2.19. The van der Waals surface area contributed by atoms with Gasteiger partial charge in [0.1, 0.15) is 11.6 Å². The Hall–Kier alpha value is -2.35. The maximum absolute atomic E-state index is 6.05. The first-order chi connectivity index (χ1) is 12.7. The number of hydrogen-bond donors (Lipinski definition) is 2. The molecule has 2 aromatic heterocycles. The molecule has 0 radical (unpaired) electrons. The van der Waals surface area contributed by atoms with Gasteiger partial charge in [-0.25, -0.2) is 0 Å². The van der Waals surface area contributed by atoms with Crippen LogP contribution < -0.4 is 15.5 Å². The minimum Gasteiger partial charge on any atom is -0.378 e. The van der Waals surface area contributed by atoms with E-state index in [4.69, 9.17) is 10.5 Å². The summed E-state index contributed by atoms with van der Waals surface area (Å²) < 4.78 is 5.45. The van der Waals surface area contributed by atoms with Crippen molar-refractivity contribution in [1.82, 2.24) is 20.2 Å². The van der Waals surface area contributed by atoms with E-state index in [0.29, 0.717) is 5.95 Å². The lowest BCUT2D eigenvalue weighted by molar-refractivity contribution is 0.122. The van der Waals surface area contributed by atoms with Gasteiger partial charge in [-0.3, -0.25) is 5.10 Å². The highest BCUT2D eigenvalue weighted by Gasteiger charge is 2.43. The van der Waals surface area contributed by atoms with Crippen molar-refractivity contribution in [2.45, 2.75) is 31.1 Å². The molecule has 1 unspecified atom stereocenters. The van der Waals surface area contributed by atoms with Crippen LogP contribution in [0.4, 0.5) is 17.6 Å². The van der Waals surface area contributed by atoms with Crippen molar-refractivity contribution in [2.75, 3.05) is 54.9 Å². The average Bonchev–Trinajstić information content (AvgIpc) is 3.27. The molecule has 0 aromatic carbocycles. The first-order valence-electron chi connectivity index (χ1n) is 9.48. The normalized spacial score (nSPS) is 25.7. The Balaban J connectivity index is 1.44. The van der Waals surface area contributed by atoms with E-state index in [1.54, 1.807) is 0 Å². The molecule has 2 saturated heterocycles. The number of aromatic nitrogens is 4. The quantitative estimate of drug-likeness (QED) is 0.833. The molecule has 5 rings (SSSR count). The molecular weight excluding hydrogens is 330 g/mol. The number of piperidine rings is 1. The van der Waals surface area contributed by atoms with Gasteiger partial charge >= 0.3 is 0 Å². The van der Waals surface area contributed by atoms with Crippen LogP contribution in [-0.4, -0.2) is 59.6 Å². The van der Waals surface area contributed by atoms with Crippen molar-refractivity contribution in [3.63, 3.8) is 0 Å². The largest absolute Gasteiger partial charge is 0.378 e. The molecule has 3 aliphatic rings. The van der Waals surface area contributed by atoms with Crippen molar-refractivity contribution in [2.24, 2.45) is 0 Å². The van der Waals surface area contributed by atoms with Gasteiger partial charge in [0.2, 0.25) is 5.95 Å². The smallest absolute Gasteiger partial charge is 0.223 e. The molecule has 26 heavy (non-hydrogen) atoms. The number of nitrogens with one attached hydrogen (secondary N) is 1. The van der Waals surface area contributed by atoms with Gasteiger partial charge in [0.25, 0.3) is 0 Å². The minimum atomic E-state index is 0.170. The molecule has 0 saturated carbocycles. The van der Waals surface area contributed by atoms with E-state index in [0.717, 1.165) is 63.9 Å². The zero-order valence-electron chi connectivity index (χ0n) is 14.9. The maximum atomic E-state index is 6.05. The van der Waals surface area contributed by atoms with Gasteiger partial charge in [-0.1, -0.05) is 0 Å². The van der Waals surface area contributed by atoms with Gasteiger partial charge in [0.15, 0.2) is 0 Å². The van der Waals surface area contributed by atoms with E-state index in [2.05, 4.69) is 36.0 Å². The summed E-state index contributed by atoms with van der Waals surface area (Å²) in [6.45, 7) is 5.11. The van der Waals surface area contributed by atoms with Crippen LogP contribution in [0.1, 0.15) is 30.5 Å². The van der Waals surface area contributed by atoms with Crippen LogP contribution in [0.3, 0.4) is 0 Å². The van der Waals surface area contributed by atoms with E-state index >= 15 is 0 Å². The fourth-order valence-electron chi connectivity index (χ4n) is 4.75.